The Balaban J connectivity index is 2.10. The third kappa shape index (κ3) is 4.26. The highest BCUT2D eigenvalue weighted by molar-refractivity contribution is 7.15. The Morgan fingerprint density at radius 1 is 1.29 bits per heavy atom. The minimum atomic E-state index is -0.897. The number of nitrogens with zero attached hydrogens (tertiary/aromatic N) is 2. The van der Waals surface area contributed by atoms with Gasteiger partial charge >= 0.3 is 5.97 Å². The van der Waals surface area contributed by atoms with E-state index in [0.29, 0.717) is 11.6 Å². The highest BCUT2D eigenvalue weighted by atomic mass is 32.1. The second-order valence-electron chi connectivity index (χ2n) is 5.89. The summed E-state index contributed by atoms with van der Waals surface area (Å²) in [7, 11) is 0. The quantitative estimate of drug-likeness (QED) is 0.888. The molecular formula is C15H19N3O2S. The van der Waals surface area contributed by atoms with Gasteiger partial charge in [-0.3, -0.25) is 0 Å². The molecule has 0 aliphatic rings. The van der Waals surface area contributed by atoms with Gasteiger partial charge in [0.05, 0.1) is 0 Å². The molecule has 21 heavy (non-hydrogen) atoms. The largest absolute Gasteiger partial charge is 0.480 e. The molecule has 6 heteroatoms. The molecule has 0 radical (unpaired) electrons. The van der Waals surface area contributed by atoms with Crippen LogP contribution in [-0.2, 0) is 16.6 Å². The molecule has 0 saturated heterocycles. The van der Waals surface area contributed by atoms with E-state index in [4.69, 9.17) is 0 Å². The normalized spacial score (nSPS) is 12.9. The fourth-order valence-electron chi connectivity index (χ4n) is 1.78. The van der Waals surface area contributed by atoms with E-state index in [1.807, 2.05) is 30.3 Å². The molecule has 1 heterocycles. The van der Waals surface area contributed by atoms with Crippen molar-refractivity contribution in [1.82, 2.24) is 10.2 Å². The van der Waals surface area contributed by atoms with Gasteiger partial charge in [-0.05, 0) is 5.56 Å². The van der Waals surface area contributed by atoms with Crippen molar-refractivity contribution >= 4 is 22.4 Å². The van der Waals surface area contributed by atoms with E-state index < -0.39 is 12.0 Å². The molecule has 0 aliphatic heterocycles. The van der Waals surface area contributed by atoms with E-state index >= 15 is 0 Å². The average Bonchev–Trinajstić information content (AvgIpc) is 2.87. The van der Waals surface area contributed by atoms with Gasteiger partial charge in [0.15, 0.2) is 0 Å². The van der Waals surface area contributed by atoms with Crippen molar-refractivity contribution in [1.29, 1.82) is 0 Å². The van der Waals surface area contributed by atoms with Gasteiger partial charge in [0.25, 0.3) is 0 Å². The van der Waals surface area contributed by atoms with Crippen LogP contribution in [0.2, 0.25) is 0 Å². The van der Waals surface area contributed by atoms with Crippen LogP contribution in [0.3, 0.4) is 0 Å². The molecule has 0 saturated carbocycles. The van der Waals surface area contributed by atoms with Gasteiger partial charge in [-0.25, -0.2) is 4.79 Å². The van der Waals surface area contributed by atoms with Crippen molar-refractivity contribution in [2.75, 3.05) is 5.32 Å². The molecule has 0 aliphatic carbocycles. The maximum atomic E-state index is 11.4. The molecule has 1 aromatic heterocycles. The predicted molar refractivity (Wildman–Crippen MR) is 83.8 cm³/mol. The first-order chi connectivity index (χ1) is 9.86. The SMILES string of the molecule is CC(C)(C)c1nnc(N[C@H](Cc2ccccc2)C(=O)O)s1. The minimum absolute atomic E-state index is 0.0876. The van der Waals surface area contributed by atoms with Gasteiger partial charge in [-0.2, -0.15) is 0 Å². The Morgan fingerprint density at radius 3 is 2.48 bits per heavy atom. The fraction of sp³-hybridized carbons (Fsp3) is 0.400. The lowest BCUT2D eigenvalue weighted by Gasteiger charge is -2.14. The summed E-state index contributed by atoms with van der Waals surface area (Å²) in [4.78, 5) is 11.4. The summed E-state index contributed by atoms with van der Waals surface area (Å²) in [6.07, 6.45) is 0.403. The lowest BCUT2D eigenvalue weighted by Crippen LogP contribution is -2.31. The molecule has 0 spiro atoms. The molecular weight excluding hydrogens is 286 g/mol. The number of anilines is 1. The smallest absolute Gasteiger partial charge is 0.326 e. The van der Waals surface area contributed by atoms with Crippen LogP contribution in [-0.4, -0.2) is 27.3 Å². The lowest BCUT2D eigenvalue weighted by atomic mass is 9.98. The molecule has 0 fully saturated rings. The number of carboxylic acids is 1. The monoisotopic (exact) mass is 305 g/mol. The van der Waals surface area contributed by atoms with Gasteiger partial charge in [0.1, 0.15) is 11.0 Å². The molecule has 2 rings (SSSR count). The molecule has 0 bridgehead atoms. The molecule has 112 valence electrons. The Kier molecular flexibility index (Phi) is 4.57. The Morgan fingerprint density at radius 2 is 1.95 bits per heavy atom. The summed E-state index contributed by atoms with van der Waals surface area (Å²) >= 11 is 1.40. The average molecular weight is 305 g/mol. The van der Waals surface area contributed by atoms with Crippen LogP contribution in [0, 0.1) is 0 Å². The second kappa shape index (κ2) is 6.22. The number of hydrogen-bond acceptors (Lipinski definition) is 5. The standard InChI is InChI=1S/C15H19N3O2S/c1-15(2,3)13-17-18-14(21-13)16-11(12(19)20)9-10-7-5-4-6-8-10/h4-8,11H,9H2,1-3H3,(H,16,18)(H,19,20)/t11-/m1/s1. The first kappa shape index (κ1) is 15.4. The van der Waals surface area contributed by atoms with E-state index in [0.717, 1.165) is 10.6 Å². The van der Waals surface area contributed by atoms with E-state index in [2.05, 4.69) is 36.3 Å². The Hall–Kier alpha value is -1.95. The maximum Gasteiger partial charge on any atom is 0.326 e. The minimum Gasteiger partial charge on any atom is -0.480 e. The fourth-order valence-corrected chi connectivity index (χ4v) is 2.64. The zero-order valence-corrected chi connectivity index (χ0v) is 13.1. The van der Waals surface area contributed by atoms with Gasteiger partial charge in [0.2, 0.25) is 5.13 Å². The van der Waals surface area contributed by atoms with Gasteiger partial charge in [0, 0.05) is 11.8 Å². The van der Waals surface area contributed by atoms with Crippen LogP contribution in [0.1, 0.15) is 31.3 Å². The van der Waals surface area contributed by atoms with Crippen LogP contribution in [0.4, 0.5) is 5.13 Å². The van der Waals surface area contributed by atoms with E-state index in [1.165, 1.54) is 11.3 Å². The number of benzene rings is 1. The molecule has 1 aromatic carbocycles. The van der Waals surface area contributed by atoms with Gasteiger partial charge in [-0.1, -0.05) is 62.4 Å². The van der Waals surface area contributed by atoms with Crippen LogP contribution in [0.25, 0.3) is 0 Å². The summed E-state index contributed by atoms with van der Waals surface area (Å²) in [5.41, 5.74) is 0.883. The predicted octanol–water partition coefficient (Wildman–Crippen LogP) is 2.94. The lowest BCUT2D eigenvalue weighted by molar-refractivity contribution is -0.137. The van der Waals surface area contributed by atoms with Crippen molar-refractivity contribution in [3.63, 3.8) is 0 Å². The van der Waals surface area contributed by atoms with Crippen LogP contribution >= 0.6 is 11.3 Å². The number of rotatable bonds is 5. The highest BCUT2D eigenvalue weighted by Crippen LogP contribution is 2.28. The molecule has 0 amide bonds. The van der Waals surface area contributed by atoms with E-state index in [-0.39, 0.29) is 5.41 Å². The number of carbonyl (C=O) groups is 1. The van der Waals surface area contributed by atoms with Gasteiger partial charge in [-0.15, -0.1) is 10.2 Å². The Bertz CT molecular complexity index is 605. The van der Waals surface area contributed by atoms with Crippen molar-refractivity contribution in [2.45, 2.75) is 38.6 Å². The van der Waals surface area contributed by atoms with Crippen molar-refractivity contribution < 1.29 is 9.90 Å². The molecule has 5 nitrogen and oxygen atoms in total. The summed E-state index contributed by atoms with van der Waals surface area (Å²) in [6, 6.07) is 8.82. The van der Waals surface area contributed by atoms with Gasteiger partial charge < -0.3 is 10.4 Å². The van der Waals surface area contributed by atoms with Crippen LogP contribution < -0.4 is 5.32 Å². The second-order valence-corrected chi connectivity index (χ2v) is 6.86. The number of nitrogens with one attached hydrogen (secondary N) is 1. The van der Waals surface area contributed by atoms with E-state index in [9.17, 15) is 9.90 Å². The number of carboxylic acid groups (broad SMARTS) is 1. The maximum absolute atomic E-state index is 11.4. The first-order valence-electron chi connectivity index (χ1n) is 6.73. The van der Waals surface area contributed by atoms with Crippen molar-refractivity contribution in [3.8, 4) is 0 Å². The van der Waals surface area contributed by atoms with Crippen LogP contribution in [0.5, 0.6) is 0 Å². The van der Waals surface area contributed by atoms with Crippen molar-refractivity contribution in [3.05, 3.63) is 40.9 Å². The third-order valence-electron chi connectivity index (χ3n) is 2.95. The van der Waals surface area contributed by atoms with E-state index in [1.54, 1.807) is 0 Å². The molecule has 0 unspecified atom stereocenters. The first-order valence-corrected chi connectivity index (χ1v) is 7.55. The molecule has 2 aromatic rings. The topological polar surface area (TPSA) is 75.1 Å². The summed E-state index contributed by atoms with van der Waals surface area (Å²) in [5.74, 6) is -0.897. The summed E-state index contributed by atoms with van der Waals surface area (Å²) in [5, 5.41) is 21.9. The van der Waals surface area contributed by atoms with Crippen LogP contribution in [0.15, 0.2) is 30.3 Å². The summed E-state index contributed by atoms with van der Waals surface area (Å²) < 4.78 is 0. The number of aliphatic carboxylic acids is 1. The third-order valence-corrected chi connectivity index (χ3v) is 4.23. The molecule has 1 atom stereocenters. The zero-order valence-electron chi connectivity index (χ0n) is 12.3. The zero-order chi connectivity index (χ0) is 15.5. The number of aromatic nitrogens is 2. The molecule has 2 N–H and O–H groups in total. The highest BCUT2D eigenvalue weighted by Gasteiger charge is 2.23. The number of hydrogen-bond donors (Lipinski definition) is 2. The Labute approximate surface area is 128 Å². The summed E-state index contributed by atoms with van der Waals surface area (Å²) in [6.45, 7) is 6.15. The van der Waals surface area contributed by atoms with Crippen molar-refractivity contribution in [2.24, 2.45) is 0 Å².